The van der Waals surface area contributed by atoms with Crippen LogP contribution in [0.25, 0.3) is 10.9 Å². The number of fused-ring (bicyclic) bond motifs is 1. The van der Waals surface area contributed by atoms with Gasteiger partial charge >= 0.3 is 5.97 Å². The molecule has 0 spiro atoms. The number of ether oxygens (including phenoxy) is 2. The van der Waals surface area contributed by atoms with Gasteiger partial charge in [-0.3, -0.25) is 14.5 Å². The Labute approximate surface area is 211 Å². The van der Waals surface area contributed by atoms with E-state index in [1.54, 1.807) is 6.92 Å². The molecule has 1 aliphatic rings. The Balaban J connectivity index is 1.72. The summed E-state index contributed by atoms with van der Waals surface area (Å²) in [5.41, 5.74) is 3.61. The number of H-pyrrole nitrogens is 1. The SMILES string of the molecule is CCOC(=O)Cn1nnnc1C(C(C)C)N(Cc1cc2cc(C)cc(C)c2[nH]c1=O)CC1CCCO1. The fourth-order valence-corrected chi connectivity index (χ4v) is 5.14. The molecule has 0 radical (unpaired) electrons. The van der Waals surface area contributed by atoms with E-state index in [4.69, 9.17) is 9.47 Å². The zero-order valence-electron chi connectivity index (χ0n) is 21.8. The number of benzene rings is 1. The molecule has 3 aromatic rings. The molecule has 1 aromatic carbocycles. The zero-order valence-corrected chi connectivity index (χ0v) is 21.8. The van der Waals surface area contributed by atoms with Crippen molar-refractivity contribution in [3.63, 3.8) is 0 Å². The van der Waals surface area contributed by atoms with E-state index in [9.17, 15) is 9.59 Å². The molecule has 10 nitrogen and oxygen atoms in total. The summed E-state index contributed by atoms with van der Waals surface area (Å²) in [5.74, 6) is 0.276. The molecule has 2 atom stereocenters. The average Bonchev–Trinajstić information content (AvgIpc) is 3.47. The first-order chi connectivity index (χ1) is 17.3. The van der Waals surface area contributed by atoms with Crippen LogP contribution in [0.5, 0.6) is 0 Å². The molecular formula is C26H36N6O4. The summed E-state index contributed by atoms with van der Waals surface area (Å²) in [5, 5.41) is 13.3. The van der Waals surface area contributed by atoms with Crippen molar-refractivity contribution < 1.29 is 14.3 Å². The molecule has 0 saturated carbocycles. The topological polar surface area (TPSA) is 115 Å². The first-order valence-corrected chi connectivity index (χ1v) is 12.7. The molecule has 0 amide bonds. The normalized spacial score (nSPS) is 16.8. The van der Waals surface area contributed by atoms with E-state index < -0.39 is 5.97 Å². The van der Waals surface area contributed by atoms with Gasteiger partial charge in [-0.2, -0.15) is 0 Å². The lowest BCUT2D eigenvalue weighted by Crippen LogP contribution is -2.40. The Morgan fingerprint density at radius 2 is 2.11 bits per heavy atom. The van der Waals surface area contributed by atoms with E-state index in [-0.39, 0.29) is 30.2 Å². The summed E-state index contributed by atoms with van der Waals surface area (Å²) < 4.78 is 12.6. The maximum absolute atomic E-state index is 13.2. The minimum atomic E-state index is -0.393. The van der Waals surface area contributed by atoms with Gasteiger partial charge in [0.15, 0.2) is 5.82 Å². The van der Waals surface area contributed by atoms with Crippen molar-refractivity contribution in [3.8, 4) is 0 Å². The van der Waals surface area contributed by atoms with Crippen LogP contribution < -0.4 is 5.56 Å². The van der Waals surface area contributed by atoms with Gasteiger partial charge in [-0.05, 0) is 73.0 Å². The number of aromatic amines is 1. The van der Waals surface area contributed by atoms with Crippen LogP contribution in [0.1, 0.15) is 62.2 Å². The van der Waals surface area contributed by atoms with Gasteiger partial charge in [0.1, 0.15) is 6.54 Å². The highest BCUT2D eigenvalue weighted by Gasteiger charge is 2.33. The van der Waals surface area contributed by atoms with Gasteiger partial charge in [-0.1, -0.05) is 25.5 Å². The standard InChI is InChI=1S/C26H36N6O4/c1-6-35-22(33)15-32-25(28-29-30-32)24(16(2)3)31(14-21-8-7-9-36-21)13-20-12-19-11-17(4)10-18(5)23(19)27-26(20)34/h10-12,16,21,24H,6-9,13-15H2,1-5H3,(H,27,34). The highest BCUT2D eigenvalue weighted by atomic mass is 16.5. The number of aromatic nitrogens is 5. The minimum Gasteiger partial charge on any atom is -0.465 e. The minimum absolute atomic E-state index is 0.0599. The van der Waals surface area contributed by atoms with Crippen molar-refractivity contribution in [2.45, 2.75) is 72.7 Å². The lowest BCUT2D eigenvalue weighted by Gasteiger charge is -2.34. The van der Waals surface area contributed by atoms with E-state index in [1.807, 2.05) is 13.0 Å². The van der Waals surface area contributed by atoms with Crippen LogP contribution in [-0.2, 0) is 27.4 Å². The summed E-state index contributed by atoms with van der Waals surface area (Å²) in [6, 6.07) is 5.90. The van der Waals surface area contributed by atoms with Gasteiger partial charge in [0, 0.05) is 25.3 Å². The van der Waals surface area contributed by atoms with Gasteiger partial charge in [-0.15, -0.1) is 5.10 Å². The maximum Gasteiger partial charge on any atom is 0.327 e. The summed E-state index contributed by atoms with van der Waals surface area (Å²) in [4.78, 5) is 30.7. The fourth-order valence-electron chi connectivity index (χ4n) is 5.14. The molecule has 1 N–H and O–H groups in total. The zero-order chi connectivity index (χ0) is 25.8. The third kappa shape index (κ3) is 5.82. The van der Waals surface area contributed by atoms with Crippen molar-refractivity contribution in [3.05, 3.63) is 51.1 Å². The van der Waals surface area contributed by atoms with E-state index in [0.717, 1.165) is 41.5 Å². The average molecular weight is 497 g/mol. The molecule has 2 aromatic heterocycles. The summed E-state index contributed by atoms with van der Waals surface area (Å²) in [7, 11) is 0. The van der Waals surface area contributed by atoms with Crippen LogP contribution in [0.3, 0.4) is 0 Å². The second kappa shape index (κ2) is 11.3. The number of carbonyl (C=O) groups is 1. The van der Waals surface area contributed by atoms with Crippen LogP contribution in [-0.4, -0.2) is 61.9 Å². The molecular weight excluding hydrogens is 460 g/mol. The molecule has 36 heavy (non-hydrogen) atoms. The van der Waals surface area contributed by atoms with E-state index in [2.05, 4.69) is 58.3 Å². The van der Waals surface area contributed by atoms with Crippen molar-refractivity contribution in [1.82, 2.24) is 30.1 Å². The Kier molecular flexibility index (Phi) is 8.15. The highest BCUT2D eigenvalue weighted by Crippen LogP contribution is 2.30. The lowest BCUT2D eigenvalue weighted by molar-refractivity contribution is -0.144. The smallest absolute Gasteiger partial charge is 0.327 e. The van der Waals surface area contributed by atoms with Gasteiger partial charge < -0.3 is 14.5 Å². The molecule has 10 heteroatoms. The Morgan fingerprint density at radius 3 is 2.81 bits per heavy atom. The number of hydrogen-bond donors (Lipinski definition) is 1. The molecule has 4 rings (SSSR count). The number of hydrogen-bond acceptors (Lipinski definition) is 8. The van der Waals surface area contributed by atoms with Gasteiger partial charge in [-0.25, -0.2) is 4.68 Å². The molecule has 1 aliphatic heterocycles. The van der Waals surface area contributed by atoms with E-state index >= 15 is 0 Å². The first-order valence-electron chi connectivity index (χ1n) is 12.7. The van der Waals surface area contributed by atoms with Gasteiger partial charge in [0.2, 0.25) is 0 Å². The first kappa shape index (κ1) is 26.0. The van der Waals surface area contributed by atoms with Crippen LogP contribution in [0.2, 0.25) is 0 Å². The molecule has 1 fully saturated rings. The summed E-state index contributed by atoms with van der Waals surface area (Å²) in [6.45, 7) is 12.0. The third-order valence-electron chi connectivity index (χ3n) is 6.64. The highest BCUT2D eigenvalue weighted by molar-refractivity contribution is 5.82. The van der Waals surface area contributed by atoms with Crippen molar-refractivity contribution >= 4 is 16.9 Å². The largest absolute Gasteiger partial charge is 0.465 e. The Morgan fingerprint density at radius 1 is 1.31 bits per heavy atom. The number of nitrogens with one attached hydrogen (secondary N) is 1. The van der Waals surface area contributed by atoms with Gasteiger partial charge in [0.25, 0.3) is 5.56 Å². The van der Waals surface area contributed by atoms with Crippen LogP contribution in [0.4, 0.5) is 0 Å². The van der Waals surface area contributed by atoms with E-state index in [1.165, 1.54) is 4.68 Å². The van der Waals surface area contributed by atoms with Crippen LogP contribution >= 0.6 is 0 Å². The summed E-state index contributed by atoms with van der Waals surface area (Å²) >= 11 is 0. The monoisotopic (exact) mass is 496 g/mol. The Bertz CT molecular complexity index is 1260. The van der Waals surface area contributed by atoms with Crippen LogP contribution in [0, 0.1) is 19.8 Å². The van der Waals surface area contributed by atoms with Crippen LogP contribution in [0.15, 0.2) is 23.0 Å². The van der Waals surface area contributed by atoms with Crippen molar-refractivity contribution in [2.75, 3.05) is 19.8 Å². The van der Waals surface area contributed by atoms with Crippen molar-refractivity contribution in [1.29, 1.82) is 0 Å². The number of rotatable bonds is 10. The number of nitrogens with zero attached hydrogens (tertiary/aromatic N) is 5. The molecule has 0 aliphatic carbocycles. The molecule has 2 unspecified atom stereocenters. The van der Waals surface area contributed by atoms with Gasteiger partial charge in [0.05, 0.1) is 24.3 Å². The number of carbonyl (C=O) groups excluding carboxylic acids is 1. The predicted molar refractivity (Wildman–Crippen MR) is 135 cm³/mol. The lowest BCUT2D eigenvalue weighted by atomic mass is 9.99. The predicted octanol–water partition coefficient (Wildman–Crippen LogP) is 3.07. The second-order valence-corrected chi connectivity index (χ2v) is 9.92. The fraction of sp³-hybridized carbons (Fsp3) is 0.577. The number of pyridine rings is 1. The van der Waals surface area contributed by atoms with E-state index in [0.29, 0.717) is 31.1 Å². The quantitative estimate of drug-likeness (QED) is 0.426. The number of tetrazole rings is 1. The Hall–Kier alpha value is -3.11. The number of aryl methyl sites for hydroxylation is 2. The molecule has 194 valence electrons. The second-order valence-electron chi connectivity index (χ2n) is 9.92. The molecule has 1 saturated heterocycles. The molecule has 3 heterocycles. The van der Waals surface area contributed by atoms with Crippen molar-refractivity contribution in [2.24, 2.45) is 5.92 Å². The maximum atomic E-state index is 13.2. The third-order valence-corrected chi connectivity index (χ3v) is 6.64. The summed E-state index contributed by atoms with van der Waals surface area (Å²) in [6.07, 6.45) is 2.03. The number of esters is 1. The molecule has 0 bridgehead atoms.